The van der Waals surface area contributed by atoms with Gasteiger partial charge in [0.2, 0.25) is 5.91 Å². The summed E-state index contributed by atoms with van der Waals surface area (Å²) in [5, 5.41) is 2.59. The minimum Gasteiger partial charge on any atom is -0.493 e. The predicted molar refractivity (Wildman–Crippen MR) is 141 cm³/mol. The summed E-state index contributed by atoms with van der Waals surface area (Å²) in [6.45, 7) is 1.24. The third-order valence-corrected chi connectivity index (χ3v) is 6.45. The first-order valence-electron chi connectivity index (χ1n) is 10.2. The molecule has 0 radical (unpaired) electrons. The molecule has 2 aromatic rings. The van der Waals surface area contributed by atoms with Gasteiger partial charge >= 0.3 is 5.97 Å². The standard InChI is InChI=1S/C23H20ClIN2O7S/c1-3-33-20(29)12-34-21-16(25)8-13(9-17(21)32-2)10-18-22(30)27(23(31)35-18)11-19(28)26-15-6-4-14(24)5-7-15/h4-10H,3,11-12H2,1-2H3,(H,26,28)/b18-10+. The highest BCUT2D eigenvalue weighted by atomic mass is 127. The number of carbonyl (C=O) groups is 4. The zero-order valence-electron chi connectivity index (χ0n) is 18.6. The molecule has 3 amide bonds. The number of imide groups is 1. The van der Waals surface area contributed by atoms with E-state index in [9.17, 15) is 19.2 Å². The number of hydrogen-bond acceptors (Lipinski definition) is 8. The Kier molecular flexibility index (Phi) is 9.40. The topological polar surface area (TPSA) is 111 Å². The fourth-order valence-corrected chi connectivity index (χ4v) is 4.71. The summed E-state index contributed by atoms with van der Waals surface area (Å²) in [7, 11) is 1.44. The van der Waals surface area contributed by atoms with E-state index in [1.165, 1.54) is 13.2 Å². The molecular formula is C23H20ClIN2O7S. The number of nitrogens with one attached hydrogen (secondary N) is 1. The van der Waals surface area contributed by atoms with Crippen molar-refractivity contribution in [3.05, 3.63) is 55.5 Å². The van der Waals surface area contributed by atoms with Gasteiger partial charge in [-0.05, 0) is 89.3 Å². The van der Waals surface area contributed by atoms with Gasteiger partial charge in [0.15, 0.2) is 18.1 Å². The van der Waals surface area contributed by atoms with Crippen molar-refractivity contribution >= 4 is 80.7 Å². The van der Waals surface area contributed by atoms with Crippen LogP contribution < -0.4 is 14.8 Å². The van der Waals surface area contributed by atoms with E-state index < -0.39 is 29.6 Å². The van der Waals surface area contributed by atoms with E-state index in [-0.39, 0.29) is 18.1 Å². The van der Waals surface area contributed by atoms with E-state index in [1.807, 2.05) is 22.6 Å². The van der Waals surface area contributed by atoms with Crippen LogP contribution in [-0.4, -0.2) is 54.8 Å². The second kappa shape index (κ2) is 12.3. The fraction of sp³-hybridized carbons (Fsp3) is 0.217. The number of thioether (sulfide) groups is 1. The van der Waals surface area contributed by atoms with E-state index in [2.05, 4.69) is 5.32 Å². The first-order chi connectivity index (χ1) is 16.7. The summed E-state index contributed by atoms with van der Waals surface area (Å²) in [5.74, 6) is -0.916. The van der Waals surface area contributed by atoms with Crippen molar-refractivity contribution in [3.63, 3.8) is 0 Å². The van der Waals surface area contributed by atoms with Crippen molar-refractivity contribution in [2.45, 2.75) is 6.92 Å². The smallest absolute Gasteiger partial charge is 0.344 e. The lowest BCUT2D eigenvalue weighted by atomic mass is 10.2. The molecule has 184 valence electrons. The zero-order chi connectivity index (χ0) is 25.5. The van der Waals surface area contributed by atoms with Crippen molar-refractivity contribution in [2.75, 3.05) is 32.2 Å². The van der Waals surface area contributed by atoms with Gasteiger partial charge in [0.05, 0.1) is 22.2 Å². The number of benzene rings is 2. The van der Waals surface area contributed by atoms with E-state index in [0.29, 0.717) is 31.3 Å². The molecule has 2 aromatic carbocycles. The van der Waals surface area contributed by atoms with Crippen molar-refractivity contribution < 1.29 is 33.4 Å². The number of carbonyl (C=O) groups excluding carboxylic acids is 4. The van der Waals surface area contributed by atoms with Crippen molar-refractivity contribution in [1.82, 2.24) is 4.90 Å². The van der Waals surface area contributed by atoms with Gasteiger partial charge in [-0.3, -0.25) is 19.3 Å². The highest BCUT2D eigenvalue weighted by Gasteiger charge is 2.36. The highest BCUT2D eigenvalue weighted by molar-refractivity contribution is 14.1. The van der Waals surface area contributed by atoms with E-state index in [0.717, 1.165) is 16.7 Å². The Labute approximate surface area is 224 Å². The predicted octanol–water partition coefficient (Wildman–Crippen LogP) is 4.57. The maximum absolute atomic E-state index is 12.8. The van der Waals surface area contributed by atoms with E-state index in [1.54, 1.807) is 43.3 Å². The molecule has 1 heterocycles. The van der Waals surface area contributed by atoms with Gasteiger partial charge in [-0.1, -0.05) is 11.6 Å². The van der Waals surface area contributed by atoms with Gasteiger partial charge in [0.1, 0.15) is 6.54 Å². The van der Waals surface area contributed by atoms with Gasteiger partial charge in [-0.2, -0.15) is 0 Å². The lowest BCUT2D eigenvalue weighted by Gasteiger charge is -2.13. The average molecular weight is 631 g/mol. The molecule has 0 bridgehead atoms. The average Bonchev–Trinajstić information content (AvgIpc) is 3.07. The van der Waals surface area contributed by atoms with Crippen LogP contribution >= 0.6 is 46.0 Å². The number of methoxy groups -OCH3 is 1. The number of rotatable bonds is 9. The third kappa shape index (κ3) is 7.12. The van der Waals surface area contributed by atoms with Crippen LogP contribution in [0.2, 0.25) is 5.02 Å². The summed E-state index contributed by atoms with van der Waals surface area (Å²) in [6.07, 6.45) is 1.53. The van der Waals surface area contributed by atoms with Gasteiger partial charge < -0.3 is 19.5 Å². The van der Waals surface area contributed by atoms with Gasteiger partial charge in [0.25, 0.3) is 11.1 Å². The second-order valence-electron chi connectivity index (χ2n) is 6.95. The van der Waals surface area contributed by atoms with E-state index in [4.69, 9.17) is 25.8 Å². The highest BCUT2D eigenvalue weighted by Crippen LogP contribution is 2.37. The van der Waals surface area contributed by atoms with Crippen LogP contribution in [0.25, 0.3) is 6.08 Å². The molecule has 0 unspecified atom stereocenters. The van der Waals surface area contributed by atoms with Gasteiger partial charge in [0, 0.05) is 10.7 Å². The number of esters is 1. The normalized spacial score (nSPS) is 14.3. The molecule has 0 atom stereocenters. The molecule has 12 heteroatoms. The molecule has 1 N–H and O–H groups in total. The number of halogens is 2. The van der Waals surface area contributed by atoms with Crippen LogP contribution in [0.4, 0.5) is 10.5 Å². The summed E-state index contributed by atoms with van der Waals surface area (Å²) in [5.41, 5.74) is 1.07. The van der Waals surface area contributed by atoms with Crippen molar-refractivity contribution in [2.24, 2.45) is 0 Å². The van der Waals surface area contributed by atoms with Crippen LogP contribution in [0.15, 0.2) is 41.3 Å². The molecule has 0 aliphatic carbocycles. The van der Waals surface area contributed by atoms with Gasteiger partial charge in [-0.15, -0.1) is 0 Å². The summed E-state index contributed by atoms with van der Waals surface area (Å²) in [4.78, 5) is 50.2. The number of ether oxygens (including phenoxy) is 3. The molecule has 9 nitrogen and oxygen atoms in total. The molecule has 1 aliphatic rings. The largest absolute Gasteiger partial charge is 0.493 e. The first-order valence-corrected chi connectivity index (χ1v) is 12.5. The number of anilines is 1. The second-order valence-corrected chi connectivity index (χ2v) is 9.54. The minimum atomic E-state index is -0.581. The van der Waals surface area contributed by atoms with Crippen LogP contribution in [0.5, 0.6) is 11.5 Å². The van der Waals surface area contributed by atoms with Gasteiger partial charge in [-0.25, -0.2) is 4.79 Å². The summed E-state index contributed by atoms with van der Waals surface area (Å²) < 4.78 is 16.4. The fourth-order valence-electron chi connectivity index (χ4n) is 2.96. The molecule has 0 aromatic heterocycles. The van der Waals surface area contributed by atoms with Crippen LogP contribution in [-0.2, 0) is 19.1 Å². The minimum absolute atomic E-state index is 0.160. The quantitative estimate of drug-likeness (QED) is 0.244. The van der Waals surface area contributed by atoms with Crippen molar-refractivity contribution in [3.8, 4) is 11.5 Å². The molecule has 0 saturated carbocycles. The molecule has 3 rings (SSSR count). The van der Waals surface area contributed by atoms with Crippen LogP contribution in [0.3, 0.4) is 0 Å². The Bertz CT molecular complexity index is 1190. The third-order valence-electron chi connectivity index (χ3n) is 4.49. The monoisotopic (exact) mass is 630 g/mol. The maximum Gasteiger partial charge on any atom is 0.344 e. The Balaban J connectivity index is 1.72. The zero-order valence-corrected chi connectivity index (χ0v) is 22.4. The lowest BCUT2D eigenvalue weighted by Crippen LogP contribution is -2.36. The SMILES string of the molecule is CCOC(=O)COc1c(I)cc(/C=C2/SC(=O)N(CC(=O)Nc3ccc(Cl)cc3)C2=O)cc1OC. The molecule has 1 saturated heterocycles. The molecule has 35 heavy (non-hydrogen) atoms. The number of amides is 3. The Morgan fingerprint density at radius 1 is 1.20 bits per heavy atom. The lowest BCUT2D eigenvalue weighted by molar-refractivity contribution is -0.145. The van der Waals surface area contributed by atoms with Crippen LogP contribution in [0.1, 0.15) is 12.5 Å². The molecule has 1 aliphatic heterocycles. The number of nitrogens with zero attached hydrogens (tertiary/aromatic N) is 1. The summed E-state index contributed by atoms with van der Waals surface area (Å²) >= 11 is 8.58. The van der Waals surface area contributed by atoms with Crippen LogP contribution in [0, 0.1) is 3.57 Å². The van der Waals surface area contributed by atoms with E-state index >= 15 is 0 Å². The molecule has 0 spiro atoms. The Morgan fingerprint density at radius 2 is 1.91 bits per heavy atom. The molecule has 1 fully saturated rings. The maximum atomic E-state index is 12.8. The first kappa shape index (κ1) is 26.8. The Hall–Kier alpha value is -2.77. The molecular weight excluding hydrogens is 611 g/mol. The van der Waals surface area contributed by atoms with Crippen molar-refractivity contribution in [1.29, 1.82) is 0 Å². The Morgan fingerprint density at radius 3 is 2.57 bits per heavy atom. The number of hydrogen-bond donors (Lipinski definition) is 1. The summed E-state index contributed by atoms with van der Waals surface area (Å²) in [6, 6.07) is 9.78.